The fourth-order valence-electron chi connectivity index (χ4n) is 2.82. The van der Waals surface area contributed by atoms with Crippen molar-refractivity contribution in [2.75, 3.05) is 26.2 Å². The molecule has 15 nitrogen and oxygen atoms in total. The van der Waals surface area contributed by atoms with Crippen LogP contribution in [0.3, 0.4) is 0 Å². The van der Waals surface area contributed by atoms with Crippen molar-refractivity contribution < 1.29 is 44.4 Å². The highest BCUT2D eigenvalue weighted by molar-refractivity contribution is 5.91. The van der Waals surface area contributed by atoms with Crippen molar-refractivity contribution in [1.82, 2.24) is 15.6 Å². The number of rotatable bonds is 14. The van der Waals surface area contributed by atoms with Crippen LogP contribution in [0.15, 0.2) is 36.5 Å². The van der Waals surface area contributed by atoms with Gasteiger partial charge in [0, 0.05) is 38.0 Å². The highest BCUT2D eigenvalue weighted by atomic mass is 17.0. The van der Waals surface area contributed by atoms with Gasteiger partial charge in [-0.25, -0.2) is 9.59 Å². The topological polar surface area (TPSA) is 237 Å². The van der Waals surface area contributed by atoms with Crippen molar-refractivity contribution >= 4 is 28.7 Å². The number of carbonyl (C=O) groups is 3. The first-order valence-electron chi connectivity index (χ1n) is 10.8. The number of aliphatic carboxylic acids is 2. The van der Waals surface area contributed by atoms with E-state index in [-0.39, 0.29) is 25.5 Å². The molecule has 2 unspecified atom stereocenters. The molecule has 0 radical (unpaired) electrons. The molecule has 0 aliphatic rings. The highest BCUT2D eigenvalue weighted by Crippen LogP contribution is 2.28. The van der Waals surface area contributed by atoms with Crippen LogP contribution in [0, 0.1) is 21.4 Å². The van der Waals surface area contributed by atoms with Gasteiger partial charge >= 0.3 is 11.9 Å². The number of aromatic amines is 1. The fraction of sp³-hybridized carbons (Fsp3) is 0.364. The number of ether oxygens (including phenoxy) is 1. The summed E-state index contributed by atoms with van der Waals surface area (Å²) >= 11 is 0. The van der Waals surface area contributed by atoms with Crippen molar-refractivity contribution in [2.24, 2.45) is 0 Å². The number of nitrogens with one attached hydrogen (secondary N) is 3. The zero-order chi connectivity index (χ0) is 27.8. The van der Waals surface area contributed by atoms with Crippen molar-refractivity contribution in [3.05, 3.63) is 52.2 Å². The minimum atomic E-state index is -1.26. The van der Waals surface area contributed by atoms with Crippen LogP contribution in [-0.2, 0) is 19.2 Å². The SMILES string of the molecule is CC(CC(=O)NCCNCC(O)COc1cccc2[nH]cc(C#N)c12)O[N+](=O)[O-].O=C(O)/C=C/C(=O)O. The summed E-state index contributed by atoms with van der Waals surface area (Å²) in [5.41, 5.74) is 1.25. The Kier molecular flexibility index (Phi) is 13.2. The lowest BCUT2D eigenvalue weighted by atomic mass is 10.1. The Morgan fingerprint density at radius 3 is 2.51 bits per heavy atom. The number of carbonyl (C=O) groups excluding carboxylic acids is 1. The number of aliphatic hydroxyl groups is 1. The highest BCUT2D eigenvalue weighted by Gasteiger charge is 2.13. The van der Waals surface area contributed by atoms with E-state index in [2.05, 4.69) is 26.5 Å². The first-order valence-corrected chi connectivity index (χ1v) is 10.8. The molecule has 15 heteroatoms. The lowest BCUT2D eigenvalue weighted by Crippen LogP contribution is -2.37. The molecule has 1 heterocycles. The van der Waals surface area contributed by atoms with Crippen LogP contribution in [0.1, 0.15) is 18.9 Å². The third kappa shape index (κ3) is 12.5. The van der Waals surface area contributed by atoms with E-state index < -0.39 is 29.2 Å². The largest absolute Gasteiger partial charge is 0.490 e. The van der Waals surface area contributed by atoms with Gasteiger partial charge in [-0.3, -0.25) is 4.79 Å². The van der Waals surface area contributed by atoms with Crippen molar-refractivity contribution in [3.8, 4) is 11.8 Å². The average molecular weight is 521 g/mol. The number of benzene rings is 1. The quantitative estimate of drug-likeness (QED) is 0.0845. The minimum Gasteiger partial charge on any atom is -0.490 e. The third-order valence-electron chi connectivity index (χ3n) is 4.33. The Bertz CT molecular complexity index is 1120. The van der Waals surface area contributed by atoms with Gasteiger partial charge in [-0.1, -0.05) is 6.07 Å². The first-order chi connectivity index (χ1) is 17.5. The zero-order valence-corrected chi connectivity index (χ0v) is 19.7. The van der Waals surface area contributed by atoms with Gasteiger partial charge in [0.2, 0.25) is 5.91 Å². The molecule has 2 atom stereocenters. The molecule has 1 aromatic carbocycles. The Morgan fingerprint density at radius 2 is 1.92 bits per heavy atom. The van der Waals surface area contributed by atoms with E-state index in [9.17, 15) is 29.6 Å². The second-order valence-electron chi connectivity index (χ2n) is 7.37. The number of hydrogen-bond donors (Lipinski definition) is 6. The molecular formula is C22H27N5O10. The van der Waals surface area contributed by atoms with Crippen LogP contribution in [0.4, 0.5) is 0 Å². The Labute approximate surface area is 210 Å². The van der Waals surface area contributed by atoms with Gasteiger partial charge in [0.15, 0.2) is 0 Å². The molecular weight excluding hydrogens is 494 g/mol. The molecule has 37 heavy (non-hydrogen) atoms. The number of aliphatic hydroxyl groups excluding tert-OH is 1. The maximum absolute atomic E-state index is 11.6. The summed E-state index contributed by atoms with van der Waals surface area (Å²) in [6, 6.07) is 7.45. The van der Waals surface area contributed by atoms with E-state index in [0.717, 1.165) is 5.52 Å². The summed E-state index contributed by atoms with van der Waals surface area (Å²) in [7, 11) is 0. The first kappa shape index (κ1) is 30.4. The zero-order valence-electron chi connectivity index (χ0n) is 19.7. The molecule has 200 valence electrons. The number of carboxylic acid groups (broad SMARTS) is 2. The van der Waals surface area contributed by atoms with Gasteiger partial charge < -0.3 is 40.5 Å². The number of hydrogen-bond acceptors (Lipinski definition) is 10. The molecule has 2 rings (SSSR count). The molecule has 0 fully saturated rings. The smallest absolute Gasteiger partial charge is 0.328 e. The molecule has 0 aliphatic carbocycles. The molecule has 1 aromatic heterocycles. The van der Waals surface area contributed by atoms with Crippen LogP contribution in [0.5, 0.6) is 5.75 Å². The molecule has 0 saturated heterocycles. The van der Waals surface area contributed by atoms with Crippen molar-refractivity contribution in [1.29, 1.82) is 5.26 Å². The molecule has 1 amide bonds. The minimum absolute atomic E-state index is 0.0320. The monoisotopic (exact) mass is 521 g/mol. The standard InChI is InChI=1S/C18H23N5O6.C4H4O4/c1-12(29-23(26)27)7-17(25)21-6-5-20-10-14(24)11-28-16-4-2-3-15-18(16)13(8-19)9-22-15;5-3(6)1-2-4(7)8/h2-4,9,12,14,20,22,24H,5-7,10-11H2,1H3,(H,21,25);1-2H,(H,5,6)(H,7,8)/b;2-1+. The number of nitrogens with zero attached hydrogens (tertiary/aromatic N) is 2. The van der Waals surface area contributed by atoms with E-state index >= 15 is 0 Å². The van der Waals surface area contributed by atoms with Gasteiger partial charge in [0.1, 0.15) is 30.6 Å². The van der Waals surface area contributed by atoms with Gasteiger partial charge in [-0.15, -0.1) is 10.1 Å². The Balaban J connectivity index is 0.000000738. The molecule has 0 saturated carbocycles. The van der Waals surface area contributed by atoms with E-state index in [0.29, 0.717) is 41.9 Å². The lowest BCUT2D eigenvalue weighted by Gasteiger charge is -2.14. The van der Waals surface area contributed by atoms with Gasteiger partial charge in [0.05, 0.1) is 22.9 Å². The second kappa shape index (κ2) is 16.1. The summed E-state index contributed by atoms with van der Waals surface area (Å²) in [5, 5.41) is 50.3. The maximum Gasteiger partial charge on any atom is 0.328 e. The Hall–Kier alpha value is -4.68. The number of amides is 1. The van der Waals surface area contributed by atoms with Crippen LogP contribution in [0.2, 0.25) is 0 Å². The number of fused-ring (bicyclic) bond motifs is 1. The van der Waals surface area contributed by atoms with Crippen molar-refractivity contribution in [2.45, 2.75) is 25.6 Å². The number of carboxylic acids is 2. The number of aromatic nitrogens is 1. The van der Waals surface area contributed by atoms with E-state index in [1.54, 1.807) is 18.3 Å². The average Bonchev–Trinajstić information content (AvgIpc) is 3.25. The summed E-state index contributed by atoms with van der Waals surface area (Å²) in [6.07, 6.45) is 0.993. The fourth-order valence-corrected chi connectivity index (χ4v) is 2.82. The normalized spacial score (nSPS) is 12.0. The van der Waals surface area contributed by atoms with E-state index in [1.807, 2.05) is 6.07 Å². The summed E-state index contributed by atoms with van der Waals surface area (Å²) in [5.74, 6) is -2.37. The molecule has 6 N–H and O–H groups in total. The van der Waals surface area contributed by atoms with Crippen LogP contribution in [0.25, 0.3) is 10.9 Å². The lowest BCUT2D eigenvalue weighted by molar-refractivity contribution is -0.767. The Morgan fingerprint density at radius 1 is 1.24 bits per heavy atom. The van der Waals surface area contributed by atoms with E-state index in [4.69, 9.17) is 20.2 Å². The van der Waals surface area contributed by atoms with E-state index in [1.165, 1.54) is 6.92 Å². The number of H-pyrrole nitrogens is 1. The summed E-state index contributed by atoms with van der Waals surface area (Å²) in [4.78, 5) is 48.1. The molecule has 0 aliphatic heterocycles. The molecule has 0 spiro atoms. The van der Waals surface area contributed by atoms with Gasteiger partial charge in [0.25, 0.3) is 5.09 Å². The van der Waals surface area contributed by atoms with Crippen LogP contribution < -0.4 is 15.4 Å². The summed E-state index contributed by atoms with van der Waals surface area (Å²) in [6.45, 7) is 2.41. The van der Waals surface area contributed by atoms with Crippen LogP contribution in [-0.4, -0.2) is 81.7 Å². The maximum atomic E-state index is 11.6. The second-order valence-corrected chi connectivity index (χ2v) is 7.37. The molecule has 0 bridgehead atoms. The van der Waals surface area contributed by atoms with Crippen molar-refractivity contribution in [3.63, 3.8) is 0 Å². The predicted octanol–water partition coefficient (Wildman–Crippen LogP) is 0.184. The van der Waals surface area contributed by atoms with Gasteiger partial charge in [-0.05, 0) is 19.1 Å². The van der Waals surface area contributed by atoms with Gasteiger partial charge in [-0.2, -0.15) is 5.26 Å². The van der Waals surface area contributed by atoms with Crippen LogP contribution >= 0.6 is 0 Å². The predicted molar refractivity (Wildman–Crippen MR) is 127 cm³/mol. The third-order valence-corrected chi connectivity index (χ3v) is 4.33. The number of nitriles is 1. The molecule has 2 aromatic rings. The summed E-state index contributed by atoms with van der Waals surface area (Å²) < 4.78 is 5.65.